The lowest BCUT2D eigenvalue weighted by atomic mass is 9.91. The van der Waals surface area contributed by atoms with E-state index in [0.717, 1.165) is 12.8 Å². The Labute approximate surface area is 118 Å². The fraction of sp³-hybridized carbons (Fsp3) is 0.929. The van der Waals surface area contributed by atoms with Crippen LogP contribution in [0.3, 0.4) is 0 Å². The fourth-order valence-electron chi connectivity index (χ4n) is 2.57. The van der Waals surface area contributed by atoms with E-state index in [1.54, 1.807) is 6.92 Å². The van der Waals surface area contributed by atoms with Gasteiger partial charge in [-0.3, -0.25) is 4.79 Å². The first-order valence-electron chi connectivity index (χ1n) is 7.47. The Morgan fingerprint density at radius 2 is 1.90 bits per heavy atom. The summed E-state index contributed by atoms with van der Waals surface area (Å²) in [5.74, 6) is -2.37. The van der Waals surface area contributed by atoms with Crippen LogP contribution in [-0.4, -0.2) is 41.7 Å². The SMILES string of the molecule is CC(NC1CCC(F)(F)CC1)C(O)C(=O)NCC1CC1. The van der Waals surface area contributed by atoms with Gasteiger partial charge in [-0.05, 0) is 38.5 Å². The molecular weight excluding hydrogens is 266 g/mol. The zero-order chi connectivity index (χ0) is 14.8. The van der Waals surface area contributed by atoms with Gasteiger partial charge >= 0.3 is 0 Å². The molecule has 0 radical (unpaired) electrons. The molecule has 20 heavy (non-hydrogen) atoms. The van der Waals surface area contributed by atoms with Crippen molar-refractivity contribution in [2.75, 3.05) is 6.54 Å². The van der Waals surface area contributed by atoms with Crippen LogP contribution >= 0.6 is 0 Å². The van der Waals surface area contributed by atoms with Crippen LogP contribution in [0.25, 0.3) is 0 Å². The maximum absolute atomic E-state index is 13.0. The van der Waals surface area contributed by atoms with Crippen LogP contribution in [0.15, 0.2) is 0 Å². The second kappa shape index (κ2) is 6.35. The molecule has 2 saturated carbocycles. The zero-order valence-corrected chi connectivity index (χ0v) is 11.9. The number of carbonyl (C=O) groups excluding carboxylic acids is 1. The molecule has 2 unspecified atom stereocenters. The summed E-state index contributed by atoms with van der Waals surface area (Å²) in [4.78, 5) is 11.7. The molecule has 2 aliphatic rings. The number of hydrogen-bond donors (Lipinski definition) is 3. The fourth-order valence-corrected chi connectivity index (χ4v) is 2.57. The Balaban J connectivity index is 1.70. The first-order chi connectivity index (χ1) is 9.37. The number of nitrogens with one attached hydrogen (secondary N) is 2. The molecule has 0 spiro atoms. The number of aliphatic hydroxyl groups is 1. The van der Waals surface area contributed by atoms with Crippen LogP contribution in [-0.2, 0) is 4.79 Å². The van der Waals surface area contributed by atoms with Gasteiger partial charge in [0.1, 0.15) is 6.10 Å². The van der Waals surface area contributed by atoms with Crippen LogP contribution < -0.4 is 10.6 Å². The van der Waals surface area contributed by atoms with Crippen LogP contribution in [0.1, 0.15) is 45.4 Å². The highest BCUT2D eigenvalue weighted by atomic mass is 19.3. The largest absolute Gasteiger partial charge is 0.382 e. The third-order valence-corrected chi connectivity index (χ3v) is 4.22. The van der Waals surface area contributed by atoms with E-state index in [0.29, 0.717) is 25.3 Å². The Hall–Kier alpha value is -0.750. The van der Waals surface area contributed by atoms with Gasteiger partial charge in [0.15, 0.2) is 0 Å². The zero-order valence-electron chi connectivity index (χ0n) is 11.9. The molecule has 1 amide bonds. The van der Waals surface area contributed by atoms with Crippen molar-refractivity contribution >= 4 is 5.91 Å². The molecule has 6 heteroatoms. The van der Waals surface area contributed by atoms with Gasteiger partial charge in [0, 0.05) is 31.5 Å². The first-order valence-corrected chi connectivity index (χ1v) is 7.47. The number of halogens is 2. The van der Waals surface area contributed by atoms with Gasteiger partial charge in [0.25, 0.3) is 0 Å². The Bertz CT molecular complexity index is 338. The van der Waals surface area contributed by atoms with Gasteiger partial charge in [-0.25, -0.2) is 8.78 Å². The van der Waals surface area contributed by atoms with Crippen LogP contribution in [0.2, 0.25) is 0 Å². The van der Waals surface area contributed by atoms with Gasteiger partial charge in [-0.1, -0.05) is 0 Å². The summed E-state index contributed by atoms with van der Waals surface area (Å²) in [5.41, 5.74) is 0. The second-order valence-electron chi connectivity index (χ2n) is 6.22. The van der Waals surface area contributed by atoms with Gasteiger partial charge in [-0.2, -0.15) is 0 Å². The molecule has 2 aliphatic carbocycles. The maximum Gasteiger partial charge on any atom is 0.250 e. The van der Waals surface area contributed by atoms with Crippen molar-refractivity contribution in [2.24, 2.45) is 5.92 Å². The molecular formula is C14H24F2N2O2. The van der Waals surface area contributed by atoms with Crippen molar-refractivity contribution in [1.82, 2.24) is 10.6 Å². The highest BCUT2D eigenvalue weighted by molar-refractivity contribution is 5.81. The van der Waals surface area contributed by atoms with E-state index in [-0.39, 0.29) is 24.8 Å². The third-order valence-electron chi connectivity index (χ3n) is 4.22. The molecule has 0 aromatic carbocycles. The van der Waals surface area contributed by atoms with E-state index in [2.05, 4.69) is 10.6 Å². The predicted molar refractivity (Wildman–Crippen MR) is 71.5 cm³/mol. The molecule has 0 heterocycles. The normalized spacial score (nSPS) is 26.0. The molecule has 116 valence electrons. The summed E-state index contributed by atoms with van der Waals surface area (Å²) in [6.45, 7) is 2.34. The molecule has 3 N–H and O–H groups in total. The second-order valence-corrected chi connectivity index (χ2v) is 6.22. The third kappa shape index (κ3) is 4.66. The van der Waals surface area contributed by atoms with E-state index in [1.165, 1.54) is 0 Å². The van der Waals surface area contributed by atoms with Gasteiger partial charge in [0.2, 0.25) is 11.8 Å². The minimum atomic E-state index is -2.55. The predicted octanol–water partition coefficient (Wildman–Crippen LogP) is 1.43. The smallest absolute Gasteiger partial charge is 0.250 e. The van der Waals surface area contributed by atoms with Gasteiger partial charge in [0.05, 0.1) is 0 Å². The van der Waals surface area contributed by atoms with Crippen LogP contribution in [0.5, 0.6) is 0 Å². The highest BCUT2D eigenvalue weighted by Crippen LogP contribution is 2.33. The monoisotopic (exact) mass is 290 g/mol. The van der Waals surface area contributed by atoms with Crippen molar-refractivity contribution in [3.05, 3.63) is 0 Å². The minimum Gasteiger partial charge on any atom is -0.382 e. The van der Waals surface area contributed by atoms with Gasteiger partial charge < -0.3 is 15.7 Å². The summed E-state index contributed by atoms with van der Waals surface area (Å²) in [6.07, 6.45) is 1.67. The lowest BCUT2D eigenvalue weighted by Crippen LogP contribution is -2.51. The standard InChI is InChI=1S/C14H24F2N2O2/c1-9(12(19)13(20)17-8-10-2-3-10)18-11-4-6-14(15,16)7-5-11/h9-12,18-19H,2-8H2,1H3,(H,17,20). The number of aliphatic hydroxyl groups excluding tert-OH is 1. The number of alkyl halides is 2. The van der Waals surface area contributed by atoms with E-state index >= 15 is 0 Å². The van der Waals surface area contributed by atoms with Gasteiger partial charge in [-0.15, -0.1) is 0 Å². The molecule has 0 aliphatic heterocycles. The molecule has 2 fully saturated rings. The molecule has 2 rings (SSSR count). The molecule has 2 atom stereocenters. The summed E-state index contributed by atoms with van der Waals surface area (Å²) < 4.78 is 26.1. The number of amides is 1. The summed E-state index contributed by atoms with van der Waals surface area (Å²) in [5, 5.41) is 15.8. The minimum absolute atomic E-state index is 0.0458. The summed E-state index contributed by atoms with van der Waals surface area (Å²) >= 11 is 0. The lowest BCUT2D eigenvalue weighted by Gasteiger charge is -2.32. The highest BCUT2D eigenvalue weighted by Gasteiger charge is 2.36. The van der Waals surface area contributed by atoms with Crippen molar-refractivity contribution in [3.63, 3.8) is 0 Å². The van der Waals surface area contributed by atoms with E-state index in [1.807, 2.05) is 0 Å². The lowest BCUT2D eigenvalue weighted by molar-refractivity contribution is -0.130. The summed E-state index contributed by atoms with van der Waals surface area (Å²) in [6, 6.07) is -0.471. The maximum atomic E-state index is 13.0. The van der Waals surface area contributed by atoms with Crippen LogP contribution in [0, 0.1) is 5.92 Å². The van der Waals surface area contributed by atoms with Crippen LogP contribution in [0.4, 0.5) is 8.78 Å². The molecule has 0 bridgehead atoms. The average molecular weight is 290 g/mol. The first kappa shape index (κ1) is 15.6. The van der Waals surface area contributed by atoms with E-state index in [4.69, 9.17) is 0 Å². The molecule has 0 aromatic heterocycles. The van der Waals surface area contributed by atoms with Crippen molar-refractivity contribution < 1.29 is 18.7 Å². The number of rotatable bonds is 6. The Morgan fingerprint density at radius 1 is 1.30 bits per heavy atom. The van der Waals surface area contributed by atoms with E-state index in [9.17, 15) is 18.7 Å². The van der Waals surface area contributed by atoms with Crippen molar-refractivity contribution in [1.29, 1.82) is 0 Å². The van der Waals surface area contributed by atoms with E-state index < -0.39 is 18.1 Å². The molecule has 4 nitrogen and oxygen atoms in total. The average Bonchev–Trinajstić information content (AvgIpc) is 3.21. The summed E-state index contributed by atoms with van der Waals surface area (Å²) in [7, 11) is 0. The quantitative estimate of drug-likeness (QED) is 0.693. The topological polar surface area (TPSA) is 61.4 Å². The molecule has 0 aromatic rings. The number of hydrogen-bond acceptors (Lipinski definition) is 3. The number of carbonyl (C=O) groups is 1. The van der Waals surface area contributed by atoms with Crippen molar-refractivity contribution in [3.8, 4) is 0 Å². The Kier molecular flexibility index (Phi) is 4.96. The van der Waals surface area contributed by atoms with Crippen molar-refractivity contribution in [2.45, 2.75) is 69.6 Å². The molecule has 0 saturated heterocycles. The Morgan fingerprint density at radius 3 is 2.45 bits per heavy atom.